The summed E-state index contributed by atoms with van der Waals surface area (Å²) in [7, 11) is 1.51. The number of nitrogens with zero attached hydrogens (tertiary/aromatic N) is 2. The van der Waals surface area contributed by atoms with Crippen LogP contribution in [0.3, 0.4) is 0 Å². The number of fused-ring (bicyclic) bond motifs is 4. The van der Waals surface area contributed by atoms with Crippen molar-refractivity contribution in [3.8, 4) is 5.88 Å². The topological polar surface area (TPSA) is 90.5 Å². The van der Waals surface area contributed by atoms with E-state index >= 15 is 0 Å². The molecule has 6 nitrogen and oxygen atoms in total. The van der Waals surface area contributed by atoms with Crippen molar-refractivity contribution in [2.24, 2.45) is 5.73 Å². The van der Waals surface area contributed by atoms with Gasteiger partial charge < -0.3 is 20.3 Å². The standard InChI is InChI=1S/C19H24FN3O3/c1-17(24,19-7-5-18(21,6-8-19)11-26-19)9-12-13(20)10-22-14-3-4-15(25-2)23-16(12)14/h3-4,10,24H,5-9,11,21H2,1-2H3. The normalized spacial score (nSPS) is 30.3. The summed E-state index contributed by atoms with van der Waals surface area (Å²) < 4.78 is 25.8. The van der Waals surface area contributed by atoms with Crippen molar-refractivity contribution in [2.75, 3.05) is 13.7 Å². The number of rotatable bonds is 4. The van der Waals surface area contributed by atoms with Crippen molar-refractivity contribution in [3.63, 3.8) is 0 Å². The Balaban J connectivity index is 1.73. The molecule has 0 radical (unpaired) electrons. The Labute approximate surface area is 151 Å². The van der Waals surface area contributed by atoms with Gasteiger partial charge in [0.05, 0.1) is 42.1 Å². The maximum absolute atomic E-state index is 14.6. The predicted octanol–water partition coefficient (Wildman–Crippen LogP) is 2.11. The van der Waals surface area contributed by atoms with Crippen LogP contribution in [-0.2, 0) is 11.2 Å². The average Bonchev–Trinajstić information content (AvgIpc) is 2.64. The summed E-state index contributed by atoms with van der Waals surface area (Å²) in [6, 6.07) is 3.41. The Morgan fingerprint density at radius 2 is 2.08 bits per heavy atom. The van der Waals surface area contributed by atoms with Gasteiger partial charge in [-0.05, 0) is 38.7 Å². The minimum atomic E-state index is -1.26. The molecule has 0 amide bonds. The number of pyridine rings is 2. The predicted molar refractivity (Wildman–Crippen MR) is 94.4 cm³/mol. The van der Waals surface area contributed by atoms with E-state index in [9.17, 15) is 9.50 Å². The van der Waals surface area contributed by atoms with Gasteiger partial charge in [0.1, 0.15) is 5.82 Å². The van der Waals surface area contributed by atoms with E-state index in [0.717, 1.165) is 12.8 Å². The highest BCUT2D eigenvalue weighted by atomic mass is 19.1. The Morgan fingerprint density at radius 1 is 1.35 bits per heavy atom. The minimum Gasteiger partial charge on any atom is -0.481 e. The van der Waals surface area contributed by atoms with Crippen LogP contribution in [0.5, 0.6) is 5.88 Å². The van der Waals surface area contributed by atoms with Crippen LogP contribution >= 0.6 is 0 Å². The number of nitrogens with two attached hydrogens (primary N) is 1. The van der Waals surface area contributed by atoms with Gasteiger partial charge >= 0.3 is 0 Å². The monoisotopic (exact) mass is 361 g/mol. The molecule has 1 saturated carbocycles. The number of hydrogen-bond donors (Lipinski definition) is 2. The number of ether oxygens (including phenoxy) is 2. The third kappa shape index (κ3) is 2.66. The summed E-state index contributed by atoms with van der Waals surface area (Å²) in [4.78, 5) is 8.45. The fourth-order valence-corrected chi connectivity index (χ4v) is 4.28. The molecule has 4 heterocycles. The van der Waals surface area contributed by atoms with E-state index in [-0.39, 0.29) is 12.0 Å². The molecule has 7 heteroatoms. The van der Waals surface area contributed by atoms with Crippen LogP contribution in [0.2, 0.25) is 0 Å². The molecule has 0 spiro atoms. The van der Waals surface area contributed by atoms with Crippen LogP contribution in [0.25, 0.3) is 11.0 Å². The lowest BCUT2D eigenvalue weighted by atomic mass is 9.64. The Kier molecular flexibility index (Phi) is 3.95. The molecular weight excluding hydrogens is 337 g/mol. The molecule has 0 aromatic carbocycles. The summed E-state index contributed by atoms with van der Waals surface area (Å²) in [5.74, 6) is -0.113. The molecule has 1 atom stereocenters. The maximum Gasteiger partial charge on any atom is 0.213 e. The van der Waals surface area contributed by atoms with Gasteiger partial charge in [0.2, 0.25) is 5.88 Å². The van der Waals surface area contributed by atoms with Gasteiger partial charge in [-0.15, -0.1) is 0 Å². The van der Waals surface area contributed by atoms with Gasteiger partial charge in [0.15, 0.2) is 0 Å². The van der Waals surface area contributed by atoms with Crippen LogP contribution in [0, 0.1) is 5.82 Å². The minimum absolute atomic E-state index is 0.0790. The third-order valence-electron chi connectivity index (χ3n) is 6.14. The van der Waals surface area contributed by atoms with Crippen molar-refractivity contribution >= 4 is 11.0 Å². The fourth-order valence-electron chi connectivity index (χ4n) is 4.28. The summed E-state index contributed by atoms with van der Waals surface area (Å²) in [6.07, 6.45) is 4.18. The second kappa shape index (κ2) is 5.84. The van der Waals surface area contributed by atoms with Crippen LogP contribution in [0.15, 0.2) is 18.3 Å². The molecule has 3 fully saturated rings. The highest BCUT2D eigenvalue weighted by Crippen LogP contribution is 2.49. The zero-order chi connectivity index (χ0) is 18.6. The summed E-state index contributed by atoms with van der Waals surface area (Å²) >= 11 is 0. The van der Waals surface area contributed by atoms with Crippen molar-refractivity contribution in [2.45, 2.75) is 55.8 Å². The van der Waals surface area contributed by atoms with Crippen molar-refractivity contribution in [1.29, 1.82) is 0 Å². The zero-order valence-corrected chi connectivity index (χ0v) is 15.1. The van der Waals surface area contributed by atoms with E-state index in [0.29, 0.717) is 41.9 Å². The van der Waals surface area contributed by atoms with Gasteiger partial charge in [-0.2, -0.15) is 0 Å². The highest BCUT2D eigenvalue weighted by Gasteiger charge is 2.56. The Bertz CT molecular complexity index is 831. The van der Waals surface area contributed by atoms with E-state index in [2.05, 4.69) is 9.97 Å². The summed E-state index contributed by atoms with van der Waals surface area (Å²) in [6.45, 7) is 2.14. The van der Waals surface area contributed by atoms with Crippen molar-refractivity contribution in [3.05, 3.63) is 29.7 Å². The first kappa shape index (κ1) is 17.6. The molecule has 1 aliphatic carbocycles. The lowest BCUT2D eigenvalue weighted by Crippen LogP contribution is -2.67. The molecule has 2 aliphatic heterocycles. The smallest absolute Gasteiger partial charge is 0.213 e. The second-order valence-electron chi connectivity index (χ2n) is 7.90. The molecule has 1 unspecified atom stereocenters. The maximum atomic E-state index is 14.6. The van der Waals surface area contributed by atoms with Gasteiger partial charge in [-0.1, -0.05) is 0 Å². The summed E-state index contributed by atoms with van der Waals surface area (Å²) in [5.41, 5.74) is 5.31. The molecule has 2 saturated heterocycles. The van der Waals surface area contributed by atoms with Crippen LogP contribution < -0.4 is 10.5 Å². The number of aliphatic hydroxyl groups is 1. The molecule has 3 N–H and O–H groups in total. The van der Waals surface area contributed by atoms with Crippen LogP contribution in [-0.4, -0.2) is 45.5 Å². The SMILES string of the molecule is COc1ccc2ncc(F)c(CC(C)(O)C34CCC(N)(CC3)CO4)c2n1. The van der Waals surface area contributed by atoms with E-state index in [4.69, 9.17) is 15.2 Å². The highest BCUT2D eigenvalue weighted by molar-refractivity contribution is 5.78. The second-order valence-corrected chi connectivity index (χ2v) is 7.90. The Hall–Kier alpha value is -1.83. The molecule has 26 heavy (non-hydrogen) atoms. The first-order valence-electron chi connectivity index (χ1n) is 8.91. The van der Waals surface area contributed by atoms with Crippen molar-refractivity contribution in [1.82, 2.24) is 9.97 Å². The quantitative estimate of drug-likeness (QED) is 0.867. The van der Waals surface area contributed by atoms with E-state index in [1.807, 2.05) is 0 Å². The Morgan fingerprint density at radius 3 is 2.69 bits per heavy atom. The van der Waals surface area contributed by atoms with Gasteiger partial charge in [0.25, 0.3) is 0 Å². The third-order valence-corrected chi connectivity index (χ3v) is 6.14. The lowest BCUT2D eigenvalue weighted by molar-refractivity contribution is -0.239. The zero-order valence-electron chi connectivity index (χ0n) is 15.1. The largest absolute Gasteiger partial charge is 0.481 e. The summed E-state index contributed by atoms with van der Waals surface area (Å²) in [5, 5.41) is 11.4. The number of methoxy groups -OCH3 is 1. The van der Waals surface area contributed by atoms with Crippen molar-refractivity contribution < 1.29 is 19.0 Å². The fraction of sp³-hybridized carbons (Fsp3) is 0.579. The van der Waals surface area contributed by atoms with E-state index in [1.165, 1.54) is 13.3 Å². The van der Waals surface area contributed by atoms with E-state index < -0.39 is 17.0 Å². The van der Waals surface area contributed by atoms with Gasteiger partial charge in [0, 0.05) is 23.6 Å². The molecule has 2 aromatic heterocycles. The molecule has 140 valence electrons. The average molecular weight is 361 g/mol. The van der Waals surface area contributed by atoms with Crippen LogP contribution in [0.4, 0.5) is 4.39 Å². The molecule has 2 aromatic rings. The number of aromatic nitrogens is 2. The number of hydrogen-bond acceptors (Lipinski definition) is 6. The molecule has 2 bridgehead atoms. The molecule has 5 rings (SSSR count). The van der Waals surface area contributed by atoms with Crippen LogP contribution in [0.1, 0.15) is 38.2 Å². The van der Waals surface area contributed by atoms with Gasteiger partial charge in [-0.25, -0.2) is 9.37 Å². The van der Waals surface area contributed by atoms with Gasteiger partial charge in [-0.3, -0.25) is 4.98 Å². The molecule has 3 aliphatic rings. The number of halogens is 1. The first-order chi connectivity index (χ1) is 12.3. The first-order valence-corrected chi connectivity index (χ1v) is 8.91. The van der Waals surface area contributed by atoms with E-state index in [1.54, 1.807) is 19.1 Å². The molecular formula is C19H24FN3O3. The lowest BCUT2D eigenvalue weighted by Gasteiger charge is -2.57.